The Hall–Kier alpha value is -0.930. The second kappa shape index (κ2) is 5.69. The van der Waals surface area contributed by atoms with Crippen molar-refractivity contribution in [3.05, 3.63) is 33.5 Å². The van der Waals surface area contributed by atoms with Crippen LogP contribution in [0.3, 0.4) is 0 Å². The summed E-state index contributed by atoms with van der Waals surface area (Å²) in [5.74, 6) is 0.646. The largest absolute Gasteiger partial charge is 0.505 e. The smallest absolute Gasteiger partial charge is 0.155 e. The van der Waals surface area contributed by atoms with Crippen molar-refractivity contribution < 1.29 is 13.5 Å². The number of phenols is 1. The van der Waals surface area contributed by atoms with Crippen LogP contribution in [0, 0.1) is 3.57 Å². The number of rotatable bonds is 2. The molecule has 0 radical (unpaired) electrons. The summed E-state index contributed by atoms with van der Waals surface area (Å²) < 4.78 is 23.7. The molecule has 3 rings (SSSR count). The van der Waals surface area contributed by atoms with Gasteiger partial charge in [0.25, 0.3) is 0 Å². The molecule has 5 nitrogen and oxygen atoms in total. The van der Waals surface area contributed by atoms with Crippen molar-refractivity contribution in [3.63, 3.8) is 0 Å². The van der Waals surface area contributed by atoms with Crippen LogP contribution in [0.4, 0.5) is 0 Å². The van der Waals surface area contributed by atoms with E-state index in [1.807, 2.05) is 18.2 Å². The van der Waals surface area contributed by atoms with E-state index >= 15 is 0 Å². The number of nitrogens with zero attached hydrogens (tertiary/aromatic N) is 2. The summed E-state index contributed by atoms with van der Waals surface area (Å²) in [4.78, 5) is 6.38. The Kier molecular flexibility index (Phi) is 4.06. The van der Waals surface area contributed by atoms with E-state index in [1.54, 1.807) is 6.20 Å². The molecule has 21 heavy (non-hydrogen) atoms. The number of hydrogen-bond acceptors (Lipinski definition) is 5. The molecule has 0 amide bonds. The van der Waals surface area contributed by atoms with Gasteiger partial charge in [0.05, 0.1) is 15.1 Å². The SMILES string of the molecule is O=S1(=O)CCN(Cc2cc(I)c(O)c3ncccc23)CC1. The summed E-state index contributed by atoms with van der Waals surface area (Å²) in [5.41, 5.74) is 1.67. The van der Waals surface area contributed by atoms with Crippen LogP contribution in [0.2, 0.25) is 0 Å². The molecule has 1 saturated heterocycles. The first-order chi connectivity index (χ1) is 9.96. The minimum atomic E-state index is -2.86. The highest BCUT2D eigenvalue weighted by Gasteiger charge is 2.22. The monoisotopic (exact) mass is 418 g/mol. The molecule has 7 heteroatoms. The molecular weight excluding hydrogens is 403 g/mol. The molecule has 1 N–H and O–H groups in total. The molecule has 1 fully saturated rings. The number of fused-ring (bicyclic) bond motifs is 1. The zero-order valence-corrected chi connectivity index (χ0v) is 14.3. The minimum absolute atomic E-state index is 0.205. The standard InChI is InChI=1S/C14H15IN2O3S/c15-12-8-10(9-17-4-6-21(19,20)7-5-17)11-2-1-3-16-13(11)14(12)18/h1-3,8,18H,4-7,9H2. The van der Waals surface area contributed by atoms with Crippen molar-refractivity contribution in [2.75, 3.05) is 24.6 Å². The Morgan fingerprint density at radius 3 is 2.76 bits per heavy atom. The second-order valence-corrected chi connectivity index (χ2v) is 8.66. The maximum Gasteiger partial charge on any atom is 0.155 e. The summed E-state index contributed by atoms with van der Waals surface area (Å²) in [7, 11) is -2.86. The average molecular weight is 418 g/mol. The van der Waals surface area contributed by atoms with Crippen LogP contribution in [-0.4, -0.2) is 48.0 Å². The highest BCUT2D eigenvalue weighted by molar-refractivity contribution is 14.1. The number of halogens is 1. The van der Waals surface area contributed by atoms with Crippen molar-refractivity contribution >= 4 is 43.3 Å². The lowest BCUT2D eigenvalue weighted by molar-refractivity contribution is 0.288. The van der Waals surface area contributed by atoms with Gasteiger partial charge >= 0.3 is 0 Å². The predicted octanol–water partition coefficient (Wildman–Crippen LogP) is 1.78. The van der Waals surface area contributed by atoms with E-state index in [-0.39, 0.29) is 17.3 Å². The number of hydrogen-bond donors (Lipinski definition) is 1. The molecule has 1 aromatic carbocycles. The summed E-state index contributed by atoms with van der Waals surface area (Å²) in [6, 6.07) is 5.73. The Bertz CT molecular complexity index is 778. The molecule has 112 valence electrons. The Morgan fingerprint density at radius 2 is 2.05 bits per heavy atom. The van der Waals surface area contributed by atoms with Crippen molar-refractivity contribution in [1.29, 1.82) is 0 Å². The maximum atomic E-state index is 11.5. The lowest BCUT2D eigenvalue weighted by Gasteiger charge is -2.27. The van der Waals surface area contributed by atoms with Crippen LogP contribution in [0.1, 0.15) is 5.56 Å². The van der Waals surface area contributed by atoms with Crippen LogP contribution >= 0.6 is 22.6 Å². The Labute approximate surface area is 137 Å². The number of benzene rings is 1. The molecule has 0 atom stereocenters. The lowest BCUT2D eigenvalue weighted by atomic mass is 10.1. The first-order valence-electron chi connectivity index (χ1n) is 6.64. The lowest BCUT2D eigenvalue weighted by Crippen LogP contribution is -2.39. The second-order valence-electron chi connectivity index (χ2n) is 5.19. The zero-order chi connectivity index (χ0) is 15.0. The van der Waals surface area contributed by atoms with Gasteiger partial charge in [-0.1, -0.05) is 6.07 Å². The predicted molar refractivity (Wildman–Crippen MR) is 90.1 cm³/mol. The molecule has 0 spiro atoms. The van der Waals surface area contributed by atoms with E-state index in [1.165, 1.54) is 0 Å². The van der Waals surface area contributed by atoms with Gasteiger partial charge < -0.3 is 5.11 Å². The van der Waals surface area contributed by atoms with Crippen LogP contribution in [0.25, 0.3) is 10.9 Å². The number of aromatic hydroxyl groups is 1. The van der Waals surface area contributed by atoms with Crippen molar-refractivity contribution in [2.24, 2.45) is 0 Å². The highest BCUT2D eigenvalue weighted by Crippen LogP contribution is 2.31. The first-order valence-corrected chi connectivity index (χ1v) is 9.54. The number of pyridine rings is 1. The molecule has 1 aliphatic heterocycles. The summed E-state index contributed by atoms with van der Waals surface area (Å²) >= 11 is 2.09. The number of aromatic nitrogens is 1. The fourth-order valence-corrected chi connectivity index (χ4v) is 4.45. The van der Waals surface area contributed by atoms with E-state index in [2.05, 4.69) is 32.5 Å². The van der Waals surface area contributed by atoms with Crippen LogP contribution in [0.15, 0.2) is 24.4 Å². The van der Waals surface area contributed by atoms with Gasteiger partial charge in [-0.2, -0.15) is 0 Å². The molecule has 2 heterocycles. The van der Waals surface area contributed by atoms with Gasteiger partial charge in [-0.25, -0.2) is 8.42 Å². The van der Waals surface area contributed by atoms with Gasteiger partial charge in [0.1, 0.15) is 5.52 Å². The van der Waals surface area contributed by atoms with Crippen LogP contribution in [-0.2, 0) is 16.4 Å². The zero-order valence-electron chi connectivity index (χ0n) is 11.3. The quantitative estimate of drug-likeness (QED) is 0.754. The Morgan fingerprint density at radius 1 is 1.33 bits per heavy atom. The maximum absolute atomic E-state index is 11.5. The highest BCUT2D eigenvalue weighted by atomic mass is 127. The molecular formula is C14H15IN2O3S. The minimum Gasteiger partial charge on any atom is -0.505 e. The van der Waals surface area contributed by atoms with Gasteiger partial charge in [0.15, 0.2) is 15.6 Å². The number of sulfone groups is 1. The molecule has 1 aliphatic rings. The third-order valence-electron chi connectivity index (χ3n) is 3.74. The fourth-order valence-electron chi connectivity index (χ4n) is 2.55. The van der Waals surface area contributed by atoms with E-state index in [0.717, 1.165) is 14.5 Å². The Balaban J connectivity index is 1.93. The third kappa shape index (κ3) is 3.14. The van der Waals surface area contributed by atoms with E-state index in [0.29, 0.717) is 25.2 Å². The van der Waals surface area contributed by atoms with Crippen LogP contribution in [0.5, 0.6) is 5.75 Å². The van der Waals surface area contributed by atoms with Crippen molar-refractivity contribution in [1.82, 2.24) is 9.88 Å². The molecule has 0 aliphatic carbocycles. The summed E-state index contributed by atoms with van der Waals surface area (Å²) in [5, 5.41) is 11.0. The number of phenolic OH excluding ortho intramolecular Hbond substituents is 1. The summed E-state index contributed by atoms with van der Waals surface area (Å²) in [6.45, 7) is 1.79. The van der Waals surface area contributed by atoms with E-state index < -0.39 is 9.84 Å². The molecule has 0 bridgehead atoms. The van der Waals surface area contributed by atoms with Crippen molar-refractivity contribution in [3.8, 4) is 5.75 Å². The average Bonchev–Trinajstić information content (AvgIpc) is 2.47. The van der Waals surface area contributed by atoms with Crippen LogP contribution < -0.4 is 0 Å². The van der Waals surface area contributed by atoms with E-state index in [4.69, 9.17) is 0 Å². The normalized spacial score (nSPS) is 18.9. The molecule has 0 unspecified atom stereocenters. The summed E-state index contributed by atoms with van der Waals surface area (Å²) in [6.07, 6.45) is 1.66. The molecule has 2 aromatic rings. The first kappa shape index (κ1) is 15.0. The van der Waals surface area contributed by atoms with Gasteiger partial charge in [-0.3, -0.25) is 9.88 Å². The van der Waals surface area contributed by atoms with Crippen molar-refractivity contribution in [2.45, 2.75) is 6.54 Å². The van der Waals surface area contributed by atoms with Gasteiger partial charge in [0, 0.05) is 31.2 Å². The molecule has 1 aromatic heterocycles. The topological polar surface area (TPSA) is 70.5 Å². The van der Waals surface area contributed by atoms with Gasteiger partial charge in [-0.05, 0) is 40.3 Å². The van der Waals surface area contributed by atoms with E-state index in [9.17, 15) is 13.5 Å². The third-order valence-corrected chi connectivity index (χ3v) is 6.17. The van der Waals surface area contributed by atoms with Gasteiger partial charge in [-0.15, -0.1) is 0 Å². The van der Waals surface area contributed by atoms with Gasteiger partial charge in [0.2, 0.25) is 0 Å². The molecule has 0 saturated carbocycles. The fraction of sp³-hybridized carbons (Fsp3) is 0.357.